The average Bonchev–Trinajstić information content (AvgIpc) is 3.42. The second-order valence-corrected chi connectivity index (χ2v) is 13.4. The standard InChI is InChI=1S/C31H39NO9S/c1-20-8-15-24(16-9-20)42(33,34)32-21(2)25(17-12-22-10-13-23(35-7)14-11-22)38-28-27-26(39-30(5,6)40-27)18-36-31(28)19-37-29(3,4)41-31/h8-16,21,26-28,32H,18-19H2,1-7H3/t17?,21-,26-,27-,28+,31+/m1/s1. The van der Waals surface area contributed by atoms with Gasteiger partial charge >= 0.3 is 0 Å². The van der Waals surface area contributed by atoms with E-state index in [4.69, 9.17) is 33.2 Å². The summed E-state index contributed by atoms with van der Waals surface area (Å²) >= 11 is 0. The first kappa shape index (κ1) is 30.7. The van der Waals surface area contributed by atoms with Crippen LogP contribution in [0.25, 0.3) is 6.08 Å². The van der Waals surface area contributed by atoms with E-state index >= 15 is 0 Å². The molecule has 1 N–H and O–H groups in total. The summed E-state index contributed by atoms with van der Waals surface area (Å²) in [6.45, 7) is 11.1. The molecular weight excluding hydrogens is 562 g/mol. The van der Waals surface area contributed by atoms with Crippen LogP contribution in [0.1, 0.15) is 45.7 Å². The first-order valence-electron chi connectivity index (χ1n) is 13.9. The van der Waals surface area contributed by atoms with E-state index in [0.29, 0.717) is 5.75 Å². The number of methoxy groups -OCH3 is 1. The van der Waals surface area contributed by atoms with E-state index in [9.17, 15) is 8.42 Å². The van der Waals surface area contributed by atoms with Gasteiger partial charge in [0.1, 0.15) is 24.6 Å². The highest BCUT2D eigenvalue weighted by Gasteiger charge is 2.64. The lowest BCUT2D eigenvalue weighted by molar-refractivity contribution is -0.329. The number of hydrogen-bond donors (Lipinski definition) is 1. The first-order valence-corrected chi connectivity index (χ1v) is 15.4. The van der Waals surface area contributed by atoms with Crippen LogP contribution >= 0.6 is 0 Å². The van der Waals surface area contributed by atoms with Crippen LogP contribution in [-0.4, -0.2) is 70.5 Å². The Morgan fingerprint density at radius 1 is 1.02 bits per heavy atom. The van der Waals surface area contributed by atoms with E-state index < -0.39 is 51.7 Å². The van der Waals surface area contributed by atoms with Gasteiger partial charge in [0, 0.05) is 0 Å². The van der Waals surface area contributed by atoms with Gasteiger partial charge in [0.15, 0.2) is 23.4 Å². The molecule has 0 aliphatic carbocycles. The van der Waals surface area contributed by atoms with Gasteiger partial charge in [0.05, 0.1) is 24.7 Å². The molecule has 1 spiro atoms. The van der Waals surface area contributed by atoms with Crippen LogP contribution in [0, 0.1) is 6.92 Å². The zero-order valence-corrected chi connectivity index (χ0v) is 25.8. The second-order valence-electron chi connectivity index (χ2n) is 11.7. The molecule has 0 saturated carbocycles. The van der Waals surface area contributed by atoms with Gasteiger partial charge in [-0.3, -0.25) is 0 Å². The Morgan fingerprint density at radius 3 is 2.33 bits per heavy atom. The number of aryl methyl sites for hydroxylation is 1. The Balaban J connectivity index is 1.53. The van der Waals surface area contributed by atoms with Gasteiger partial charge in [-0.05, 0) is 77.4 Å². The molecule has 0 aromatic heterocycles. The van der Waals surface area contributed by atoms with Crippen molar-refractivity contribution in [2.24, 2.45) is 0 Å². The molecule has 3 fully saturated rings. The molecule has 0 amide bonds. The Morgan fingerprint density at radius 2 is 1.71 bits per heavy atom. The normalized spacial score (nSPS) is 28.5. The van der Waals surface area contributed by atoms with Gasteiger partial charge in [-0.25, -0.2) is 13.1 Å². The Kier molecular flexibility index (Phi) is 8.34. The fraction of sp³-hybridized carbons (Fsp3) is 0.516. The van der Waals surface area contributed by atoms with Gasteiger partial charge in [-0.2, -0.15) is 0 Å². The molecule has 0 radical (unpaired) electrons. The van der Waals surface area contributed by atoms with E-state index in [2.05, 4.69) is 10.5 Å². The van der Waals surface area contributed by atoms with E-state index in [1.54, 1.807) is 58.2 Å². The largest absolute Gasteiger partial charge is 0.497 e. The smallest absolute Gasteiger partial charge is 0.241 e. The molecule has 2 aromatic rings. The lowest BCUT2D eigenvalue weighted by Gasteiger charge is -2.44. The highest BCUT2D eigenvalue weighted by Crippen LogP contribution is 2.46. The summed E-state index contributed by atoms with van der Waals surface area (Å²) in [6, 6.07) is 13.1. The van der Waals surface area contributed by atoms with Crippen LogP contribution in [0.4, 0.5) is 0 Å². The predicted octanol–water partition coefficient (Wildman–Crippen LogP) is 4.28. The Hall–Kier alpha value is -2.73. The van der Waals surface area contributed by atoms with Crippen LogP contribution in [-0.2, 0) is 38.4 Å². The summed E-state index contributed by atoms with van der Waals surface area (Å²) in [5, 5.41) is 0. The molecule has 10 nitrogen and oxygen atoms in total. The molecule has 5 atom stereocenters. The van der Waals surface area contributed by atoms with Crippen LogP contribution < -0.4 is 9.46 Å². The van der Waals surface area contributed by atoms with Gasteiger partial charge in [0.2, 0.25) is 15.8 Å². The van der Waals surface area contributed by atoms with Gasteiger partial charge < -0.3 is 33.2 Å². The highest BCUT2D eigenvalue weighted by atomic mass is 32.2. The minimum absolute atomic E-state index is 0.0800. The van der Waals surface area contributed by atoms with Crippen molar-refractivity contribution in [3.8, 4) is 5.75 Å². The number of nitrogens with one attached hydrogen (secondary N) is 1. The monoisotopic (exact) mass is 601 g/mol. The maximum absolute atomic E-state index is 13.4. The van der Waals surface area contributed by atoms with Crippen molar-refractivity contribution in [1.29, 1.82) is 0 Å². The number of hydrogen-bond acceptors (Lipinski definition) is 9. The molecule has 228 valence electrons. The molecule has 11 heteroatoms. The topological polar surface area (TPSA) is 111 Å². The molecular formula is C31H39NO9S. The minimum atomic E-state index is -3.90. The Bertz CT molecular complexity index is 1440. The van der Waals surface area contributed by atoms with Crippen LogP contribution in [0.3, 0.4) is 0 Å². The summed E-state index contributed by atoms with van der Waals surface area (Å²) in [4.78, 5) is 0.138. The second kappa shape index (κ2) is 11.4. The molecule has 2 aromatic carbocycles. The van der Waals surface area contributed by atoms with Crippen molar-refractivity contribution in [2.75, 3.05) is 20.3 Å². The molecule has 5 rings (SSSR count). The van der Waals surface area contributed by atoms with Crippen LogP contribution in [0.15, 0.2) is 64.9 Å². The summed E-state index contributed by atoms with van der Waals surface area (Å²) in [7, 11) is -2.30. The average molecular weight is 602 g/mol. The van der Waals surface area contributed by atoms with E-state index in [1.807, 2.05) is 45.0 Å². The molecule has 3 saturated heterocycles. The zero-order chi connectivity index (χ0) is 30.3. The number of benzene rings is 2. The van der Waals surface area contributed by atoms with Crippen molar-refractivity contribution in [3.05, 3.63) is 71.1 Å². The first-order chi connectivity index (χ1) is 19.7. The third kappa shape index (κ3) is 6.59. The van der Waals surface area contributed by atoms with Crippen LogP contribution in [0.5, 0.6) is 5.75 Å². The molecule has 3 aliphatic rings. The molecule has 0 bridgehead atoms. The van der Waals surface area contributed by atoms with Crippen molar-refractivity contribution >= 4 is 16.1 Å². The molecule has 3 heterocycles. The number of ether oxygens (including phenoxy) is 7. The van der Waals surface area contributed by atoms with Crippen molar-refractivity contribution in [3.63, 3.8) is 0 Å². The molecule has 0 unspecified atom stereocenters. The van der Waals surface area contributed by atoms with Crippen molar-refractivity contribution in [1.82, 2.24) is 4.72 Å². The van der Waals surface area contributed by atoms with Crippen molar-refractivity contribution in [2.45, 2.75) is 88.2 Å². The lowest BCUT2D eigenvalue weighted by atomic mass is 9.96. The summed E-state index contributed by atoms with van der Waals surface area (Å²) < 4.78 is 72.2. The van der Waals surface area contributed by atoms with E-state index in [0.717, 1.165) is 11.1 Å². The maximum atomic E-state index is 13.4. The van der Waals surface area contributed by atoms with E-state index in [1.165, 1.54) is 0 Å². The van der Waals surface area contributed by atoms with Crippen LogP contribution in [0.2, 0.25) is 0 Å². The maximum Gasteiger partial charge on any atom is 0.241 e. The van der Waals surface area contributed by atoms with E-state index in [-0.39, 0.29) is 23.9 Å². The minimum Gasteiger partial charge on any atom is -0.497 e. The number of fused-ring (bicyclic) bond motifs is 1. The van der Waals surface area contributed by atoms with Gasteiger partial charge in [-0.1, -0.05) is 35.6 Å². The number of sulfonamides is 1. The number of rotatable bonds is 8. The fourth-order valence-corrected chi connectivity index (χ4v) is 6.45. The molecule has 3 aliphatic heterocycles. The third-order valence-electron chi connectivity index (χ3n) is 7.29. The summed E-state index contributed by atoms with van der Waals surface area (Å²) in [5.74, 6) is -2.23. The summed E-state index contributed by atoms with van der Waals surface area (Å²) in [6.07, 6.45) is -0.192. The lowest BCUT2D eigenvalue weighted by Crippen LogP contribution is -2.63. The Labute approximate surface area is 247 Å². The summed E-state index contributed by atoms with van der Waals surface area (Å²) in [5.41, 5.74) is 4.94. The van der Waals surface area contributed by atoms with Gasteiger partial charge in [0.25, 0.3) is 0 Å². The molecule has 42 heavy (non-hydrogen) atoms. The quantitative estimate of drug-likeness (QED) is 0.350. The fourth-order valence-electron chi connectivity index (χ4n) is 5.25. The van der Waals surface area contributed by atoms with Crippen molar-refractivity contribution < 1.29 is 41.6 Å². The zero-order valence-electron chi connectivity index (χ0n) is 25.0. The SMILES string of the molecule is COc1ccc(C=C=C(O[C@H]2[C@@H]3OC(C)(C)O[C@@H]3CO[C@]23COC(C)(C)O3)[C@@H](C)NS(=O)(=O)c2ccc(C)cc2)cc1. The van der Waals surface area contributed by atoms with Gasteiger partial charge in [-0.15, -0.1) is 0 Å². The highest BCUT2D eigenvalue weighted by molar-refractivity contribution is 7.89. The predicted molar refractivity (Wildman–Crippen MR) is 154 cm³/mol. The third-order valence-corrected chi connectivity index (χ3v) is 8.85.